The van der Waals surface area contributed by atoms with Crippen molar-refractivity contribution in [2.24, 2.45) is 0 Å². The first kappa shape index (κ1) is 11.3. The summed E-state index contributed by atoms with van der Waals surface area (Å²) in [6, 6.07) is 7.89. The van der Waals surface area contributed by atoms with Crippen molar-refractivity contribution in [2.75, 3.05) is 5.73 Å². The third-order valence-electron chi connectivity index (χ3n) is 2.92. The number of nitrogens with one attached hydrogen (secondary N) is 1. The standard InChI is InChI=1S/C13H10N6S/c14-10-7-19-6-5-15-11(19)12(18-10)20-13-16-8-3-1-2-4-9(8)17-13/h1-7H,14H2,(H,16,17). The normalized spacial score (nSPS) is 11.4. The number of nitrogens with two attached hydrogens (primary N) is 1. The summed E-state index contributed by atoms with van der Waals surface area (Å²) < 4.78 is 1.85. The SMILES string of the molecule is Nc1cn2ccnc2c(Sc2nc3ccccc3[nH]2)n1. The molecule has 0 atom stereocenters. The van der Waals surface area contributed by atoms with Gasteiger partial charge in [-0.05, 0) is 23.9 Å². The number of hydrogen-bond donors (Lipinski definition) is 2. The highest BCUT2D eigenvalue weighted by Crippen LogP contribution is 2.28. The Kier molecular flexibility index (Phi) is 2.40. The Morgan fingerprint density at radius 3 is 3.00 bits per heavy atom. The van der Waals surface area contributed by atoms with Crippen LogP contribution in [0.1, 0.15) is 0 Å². The van der Waals surface area contributed by atoms with E-state index in [2.05, 4.69) is 19.9 Å². The van der Waals surface area contributed by atoms with Crippen molar-refractivity contribution in [3.8, 4) is 0 Å². The summed E-state index contributed by atoms with van der Waals surface area (Å²) in [5.41, 5.74) is 8.50. The summed E-state index contributed by atoms with van der Waals surface area (Å²) in [5, 5.41) is 1.50. The molecular weight excluding hydrogens is 272 g/mol. The van der Waals surface area contributed by atoms with Gasteiger partial charge in [-0.1, -0.05) is 12.1 Å². The van der Waals surface area contributed by atoms with Gasteiger partial charge < -0.3 is 15.1 Å². The van der Waals surface area contributed by atoms with Crippen LogP contribution in [0.4, 0.5) is 5.82 Å². The molecule has 98 valence electrons. The lowest BCUT2D eigenvalue weighted by Crippen LogP contribution is -1.97. The fourth-order valence-corrected chi connectivity index (χ4v) is 2.95. The fourth-order valence-electron chi connectivity index (χ4n) is 2.06. The molecule has 0 spiro atoms. The van der Waals surface area contributed by atoms with E-state index in [1.165, 1.54) is 11.8 Å². The van der Waals surface area contributed by atoms with Crippen molar-refractivity contribution in [3.05, 3.63) is 42.9 Å². The van der Waals surface area contributed by atoms with Crippen molar-refractivity contribution in [3.63, 3.8) is 0 Å². The summed E-state index contributed by atoms with van der Waals surface area (Å²) in [6.07, 6.45) is 5.31. The molecule has 0 bridgehead atoms. The van der Waals surface area contributed by atoms with Crippen molar-refractivity contribution in [1.29, 1.82) is 0 Å². The van der Waals surface area contributed by atoms with Gasteiger partial charge in [0.05, 0.1) is 17.2 Å². The van der Waals surface area contributed by atoms with Gasteiger partial charge in [0.1, 0.15) is 10.8 Å². The molecule has 0 saturated heterocycles. The molecule has 1 aromatic carbocycles. The first-order valence-electron chi connectivity index (χ1n) is 6.01. The Morgan fingerprint density at radius 2 is 2.10 bits per heavy atom. The van der Waals surface area contributed by atoms with Gasteiger partial charge in [0.25, 0.3) is 0 Å². The molecule has 0 aliphatic carbocycles. The summed E-state index contributed by atoms with van der Waals surface area (Å²) >= 11 is 1.42. The maximum atomic E-state index is 5.81. The monoisotopic (exact) mass is 282 g/mol. The first-order valence-corrected chi connectivity index (χ1v) is 6.83. The molecule has 4 rings (SSSR count). The number of aromatic nitrogens is 5. The van der Waals surface area contributed by atoms with Gasteiger partial charge >= 0.3 is 0 Å². The van der Waals surface area contributed by atoms with Crippen LogP contribution >= 0.6 is 11.8 Å². The van der Waals surface area contributed by atoms with E-state index in [0.29, 0.717) is 5.82 Å². The fraction of sp³-hybridized carbons (Fsp3) is 0. The summed E-state index contributed by atoms with van der Waals surface area (Å²) in [7, 11) is 0. The third-order valence-corrected chi connectivity index (χ3v) is 3.78. The molecule has 3 aromatic heterocycles. The van der Waals surface area contributed by atoms with Crippen LogP contribution in [0.2, 0.25) is 0 Å². The summed E-state index contributed by atoms with van der Waals surface area (Å²) in [4.78, 5) is 16.4. The van der Waals surface area contributed by atoms with Gasteiger partial charge in [0, 0.05) is 12.4 Å². The molecule has 0 saturated carbocycles. The zero-order chi connectivity index (χ0) is 13.5. The number of para-hydroxylation sites is 2. The Labute approximate surface area is 118 Å². The van der Waals surface area contributed by atoms with Gasteiger partial charge in [0.15, 0.2) is 10.8 Å². The maximum absolute atomic E-state index is 5.81. The van der Waals surface area contributed by atoms with Gasteiger partial charge in [0.2, 0.25) is 0 Å². The number of H-pyrrole nitrogens is 1. The molecule has 0 unspecified atom stereocenters. The maximum Gasteiger partial charge on any atom is 0.172 e. The van der Waals surface area contributed by atoms with E-state index >= 15 is 0 Å². The third kappa shape index (κ3) is 1.79. The molecule has 3 N–H and O–H groups in total. The highest BCUT2D eigenvalue weighted by molar-refractivity contribution is 7.99. The number of hydrogen-bond acceptors (Lipinski definition) is 5. The number of nitrogens with zero attached hydrogens (tertiary/aromatic N) is 4. The van der Waals surface area contributed by atoms with E-state index in [9.17, 15) is 0 Å². The van der Waals surface area contributed by atoms with Crippen LogP contribution < -0.4 is 5.73 Å². The van der Waals surface area contributed by atoms with Gasteiger partial charge in [-0.2, -0.15) is 0 Å². The number of aromatic amines is 1. The Hall–Kier alpha value is -2.54. The Bertz CT molecular complexity index is 876. The Balaban J connectivity index is 1.81. The number of fused-ring (bicyclic) bond motifs is 2. The highest BCUT2D eigenvalue weighted by Gasteiger charge is 2.11. The van der Waals surface area contributed by atoms with Crippen molar-refractivity contribution in [1.82, 2.24) is 24.3 Å². The minimum absolute atomic E-state index is 0.453. The smallest absolute Gasteiger partial charge is 0.172 e. The van der Waals surface area contributed by atoms with E-state index < -0.39 is 0 Å². The molecule has 3 heterocycles. The summed E-state index contributed by atoms with van der Waals surface area (Å²) in [5.74, 6) is 0.453. The lowest BCUT2D eigenvalue weighted by Gasteiger charge is -2.02. The van der Waals surface area contributed by atoms with E-state index in [1.54, 1.807) is 12.4 Å². The highest BCUT2D eigenvalue weighted by atomic mass is 32.2. The molecule has 6 nitrogen and oxygen atoms in total. The Morgan fingerprint density at radius 1 is 1.20 bits per heavy atom. The lowest BCUT2D eigenvalue weighted by molar-refractivity contribution is 1.02. The number of benzene rings is 1. The largest absolute Gasteiger partial charge is 0.382 e. The van der Waals surface area contributed by atoms with Gasteiger partial charge in [-0.3, -0.25) is 0 Å². The van der Waals surface area contributed by atoms with Crippen molar-refractivity contribution >= 4 is 34.3 Å². The minimum atomic E-state index is 0.453. The van der Waals surface area contributed by atoms with E-state index in [1.807, 2.05) is 34.9 Å². The average molecular weight is 282 g/mol. The molecule has 0 fully saturated rings. The number of rotatable bonds is 2. The topological polar surface area (TPSA) is 84.9 Å². The minimum Gasteiger partial charge on any atom is -0.382 e. The number of imidazole rings is 2. The first-order chi connectivity index (χ1) is 9.79. The second kappa shape index (κ2) is 4.24. The van der Waals surface area contributed by atoms with Crippen molar-refractivity contribution in [2.45, 2.75) is 10.2 Å². The average Bonchev–Trinajstić information content (AvgIpc) is 3.03. The quantitative estimate of drug-likeness (QED) is 0.589. The molecule has 4 aromatic rings. The number of nitrogen functional groups attached to an aromatic ring is 1. The second-order valence-corrected chi connectivity index (χ2v) is 5.27. The van der Waals surface area contributed by atoms with E-state index in [0.717, 1.165) is 26.9 Å². The zero-order valence-corrected chi connectivity index (χ0v) is 11.1. The lowest BCUT2D eigenvalue weighted by atomic mass is 10.3. The van der Waals surface area contributed by atoms with E-state index in [4.69, 9.17) is 5.73 Å². The van der Waals surface area contributed by atoms with Crippen LogP contribution in [-0.2, 0) is 0 Å². The number of anilines is 1. The van der Waals surface area contributed by atoms with Crippen LogP contribution in [0.3, 0.4) is 0 Å². The molecular formula is C13H10N6S. The van der Waals surface area contributed by atoms with Crippen LogP contribution in [0.15, 0.2) is 53.0 Å². The zero-order valence-electron chi connectivity index (χ0n) is 10.3. The van der Waals surface area contributed by atoms with Crippen LogP contribution in [0.25, 0.3) is 16.7 Å². The molecule has 7 heteroatoms. The van der Waals surface area contributed by atoms with Crippen LogP contribution in [0, 0.1) is 0 Å². The molecule has 0 amide bonds. The molecule has 0 radical (unpaired) electrons. The predicted molar refractivity (Wildman–Crippen MR) is 77.6 cm³/mol. The van der Waals surface area contributed by atoms with Crippen LogP contribution in [0.5, 0.6) is 0 Å². The second-order valence-electron chi connectivity index (χ2n) is 4.29. The summed E-state index contributed by atoms with van der Waals surface area (Å²) in [6.45, 7) is 0. The molecule has 20 heavy (non-hydrogen) atoms. The van der Waals surface area contributed by atoms with Gasteiger partial charge in [-0.15, -0.1) is 0 Å². The predicted octanol–water partition coefficient (Wildman–Crippen LogP) is 2.34. The molecule has 0 aliphatic rings. The van der Waals surface area contributed by atoms with E-state index in [-0.39, 0.29) is 0 Å². The molecule has 0 aliphatic heterocycles. The van der Waals surface area contributed by atoms with Gasteiger partial charge in [-0.25, -0.2) is 15.0 Å². The van der Waals surface area contributed by atoms with Crippen molar-refractivity contribution < 1.29 is 0 Å². The van der Waals surface area contributed by atoms with Crippen LogP contribution in [-0.4, -0.2) is 24.3 Å².